The Labute approximate surface area is 114 Å². The first-order chi connectivity index (χ1) is 8.60. The van der Waals surface area contributed by atoms with Crippen LogP contribution in [0.3, 0.4) is 0 Å². The van der Waals surface area contributed by atoms with Crippen LogP contribution in [0.4, 0.5) is 0 Å². The van der Waals surface area contributed by atoms with Crippen molar-refractivity contribution in [2.24, 2.45) is 0 Å². The van der Waals surface area contributed by atoms with E-state index in [1.165, 1.54) is 17.8 Å². The minimum Gasteiger partial charge on any atom is -0.507 e. The van der Waals surface area contributed by atoms with Gasteiger partial charge in [-0.05, 0) is 25.1 Å². The Morgan fingerprint density at radius 2 is 2.33 bits per heavy atom. The van der Waals surface area contributed by atoms with Gasteiger partial charge < -0.3 is 15.2 Å². The van der Waals surface area contributed by atoms with E-state index in [4.69, 9.17) is 17.0 Å². The molecule has 6 heteroatoms. The summed E-state index contributed by atoms with van der Waals surface area (Å²) >= 11 is 6.07. The predicted octanol–water partition coefficient (Wildman–Crippen LogP) is 2.28. The first-order valence-electron chi connectivity index (χ1n) is 5.31. The van der Waals surface area contributed by atoms with Crippen molar-refractivity contribution in [2.45, 2.75) is 6.92 Å². The lowest BCUT2D eigenvalue weighted by Gasteiger charge is -2.05. The Hall–Kier alpha value is -1.53. The molecule has 0 aliphatic carbocycles. The van der Waals surface area contributed by atoms with Crippen LogP contribution in [0.5, 0.6) is 11.5 Å². The van der Waals surface area contributed by atoms with E-state index in [9.17, 15) is 9.90 Å². The lowest BCUT2D eigenvalue weighted by atomic mass is 10.1. The Balaban J connectivity index is 2.27. The number of hydrogen-bond acceptors (Lipinski definition) is 5. The summed E-state index contributed by atoms with van der Waals surface area (Å²) in [6.07, 6.45) is 1.60. The third kappa shape index (κ3) is 2.83. The van der Waals surface area contributed by atoms with Crippen molar-refractivity contribution in [3.63, 3.8) is 0 Å². The van der Waals surface area contributed by atoms with Crippen LogP contribution < -0.4 is 10.1 Å². The molecule has 1 aromatic rings. The zero-order valence-corrected chi connectivity index (χ0v) is 11.2. The molecule has 2 N–H and O–H groups in total. The van der Waals surface area contributed by atoms with Crippen LogP contribution in [0.15, 0.2) is 23.1 Å². The van der Waals surface area contributed by atoms with Gasteiger partial charge in [0.1, 0.15) is 15.8 Å². The van der Waals surface area contributed by atoms with Gasteiger partial charge in [-0.1, -0.05) is 24.0 Å². The van der Waals surface area contributed by atoms with Crippen LogP contribution in [0.1, 0.15) is 12.5 Å². The Kier molecular flexibility index (Phi) is 3.88. The number of hydrogen-bond donors (Lipinski definition) is 2. The summed E-state index contributed by atoms with van der Waals surface area (Å²) in [6.45, 7) is 2.40. The average Bonchev–Trinajstić information content (AvgIpc) is 2.62. The number of phenols is 1. The van der Waals surface area contributed by atoms with Gasteiger partial charge in [0, 0.05) is 11.6 Å². The van der Waals surface area contributed by atoms with Crippen LogP contribution in [-0.4, -0.2) is 21.9 Å². The first kappa shape index (κ1) is 12.9. The molecule has 0 radical (unpaired) electrons. The number of nitrogens with one attached hydrogen (secondary N) is 1. The molecule has 1 heterocycles. The summed E-state index contributed by atoms with van der Waals surface area (Å²) in [5.41, 5.74) is 0.556. The maximum Gasteiger partial charge on any atom is 0.263 e. The molecular formula is C12H11NO3S2. The number of thiocarbonyl (C=S) groups is 1. The van der Waals surface area contributed by atoms with Crippen LogP contribution in [-0.2, 0) is 4.79 Å². The van der Waals surface area contributed by atoms with Crippen molar-refractivity contribution >= 4 is 40.3 Å². The molecule has 1 aliphatic rings. The van der Waals surface area contributed by atoms with Gasteiger partial charge in [0.25, 0.3) is 5.91 Å². The largest absolute Gasteiger partial charge is 0.507 e. The lowest BCUT2D eigenvalue weighted by Crippen LogP contribution is -2.17. The van der Waals surface area contributed by atoms with Crippen LogP contribution >= 0.6 is 24.0 Å². The van der Waals surface area contributed by atoms with Gasteiger partial charge in [-0.3, -0.25) is 4.79 Å². The van der Waals surface area contributed by atoms with Gasteiger partial charge in [0.05, 0.1) is 11.5 Å². The number of ether oxygens (including phenoxy) is 1. The number of amides is 1. The van der Waals surface area contributed by atoms with E-state index in [2.05, 4.69) is 5.32 Å². The van der Waals surface area contributed by atoms with E-state index in [0.29, 0.717) is 27.1 Å². The second kappa shape index (κ2) is 5.41. The molecule has 0 atom stereocenters. The molecule has 2 rings (SSSR count). The normalized spacial score (nSPS) is 17.1. The van der Waals surface area contributed by atoms with Crippen molar-refractivity contribution in [1.29, 1.82) is 0 Å². The molecule has 0 unspecified atom stereocenters. The molecule has 0 saturated carbocycles. The molecule has 1 aliphatic heterocycles. The molecule has 18 heavy (non-hydrogen) atoms. The highest BCUT2D eigenvalue weighted by molar-refractivity contribution is 8.26. The summed E-state index contributed by atoms with van der Waals surface area (Å²) in [5, 5.41) is 12.4. The molecule has 1 aromatic carbocycles. The fraction of sp³-hybridized carbons (Fsp3) is 0.167. The van der Waals surface area contributed by atoms with E-state index in [1.54, 1.807) is 18.2 Å². The lowest BCUT2D eigenvalue weighted by molar-refractivity contribution is -0.115. The minimum atomic E-state index is -0.238. The maximum absolute atomic E-state index is 11.5. The quantitative estimate of drug-likeness (QED) is 0.657. The highest BCUT2D eigenvalue weighted by Crippen LogP contribution is 2.30. The van der Waals surface area contributed by atoms with Gasteiger partial charge >= 0.3 is 0 Å². The number of aromatic hydroxyl groups is 1. The standard InChI is InChI=1S/C12H11NO3S2/c1-2-16-8-4-3-7(9(14)6-8)5-10-11(15)13-12(17)18-10/h3-6,14H,2H2,1H3,(H,13,15,17). The van der Waals surface area contributed by atoms with E-state index >= 15 is 0 Å². The Bertz CT molecular complexity index is 540. The van der Waals surface area contributed by atoms with Gasteiger partial charge in [0.15, 0.2) is 0 Å². The summed E-state index contributed by atoms with van der Waals surface area (Å²) in [5.74, 6) is 0.425. The number of thioether (sulfide) groups is 1. The molecule has 0 aromatic heterocycles. The zero-order valence-electron chi connectivity index (χ0n) is 9.60. The third-order valence-corrected chi connectivity index (χ3v) is 3.40. The number of benzene rings is 1. The molecule has 1 fully saturated rings. The summed E-state index contributed by atoms with van der Waals surface area (Å²) in [7, 11) is 0. The molecule has 1 saturated heterocycles. The second-order valence-corrected chi connectivity index (χ2v) is 5.22. The fourth-order valence-electron chi connectivity index (χ4n) is 1.46. The highest BCUT2D eigenvalue weighted by atomic mass is 32.2. The summed E-state index contributed by atoms with van der Waals surface area (Å²) in [4.78, 5) is 11.9. The van der Waals surface area contributed by atoms with E-state index < -0.39 is 0 Å². The number of phenolic OH excluding ortho intramolecular Hbond substituents is 1. The summed E-state index contributed by atoms with van der Waals surface area (Å²) < 4.78 is 5.69. The minimum absolute atomic E-state index is 0.0691. The highest BCUT2D eigenvalue weighted by Gasteiger charge is 2.22. The predicted molar refractivity (Wildman–Crippen MR) is 75.6 cm³/mol. The van der Waals surface area contributed by atoms with Crippen molar-refractivity contribution < 1.29 is 14.6 Å². The van der Waals surface area contributed by atoms with Crippen LogP contribution in [0.25, 0.3) is 6.08 Å². The van der Waals surface area contributed by atoms with Crippen molar-refractivity contribution in [3.8, 4) is 11.5 Å². The molecule has 0 bridgehead atoms. The topological polar surface area (TPSA) is 58.6 Å². The van der Waals surface area contributed by atoms with Gasteiger partial charge in [-0.2, -0.15) is 0 Å². The average molecular weight is 281 g/mol. The Morgan fingerprint density at radius 3 is 2.89 bits per heavy atom. The molecule has 1 amide bonds. The van der Waals surface area contributed by atoms with E-state index in [-0.39, 0.29) is 11.7 Å². The van der Waals surface area contributed by atoms with Crippen molar-refractivity contribution in [3.05, 3.63) is 28.7 Å². The maximum atomic E-state index is 11.5. The molecular weight excluding hydrogens is 270 g/mol. The fourth-order valence-corrected chi connectivity index (χ4v) is 2.50. The zero-order chi connectivity index (χ0) is 13.1. The summed E-state index contributed by atoms with van der Waals surface area (Å²) in [6, 6.07) is 4.96. The Morgan fingerprint density at radius 1 is 1.56 bits per heavy atom. The molecule has 0 spiro atoms. The molecule has 4 nitrogen and oxygen atoms in total. The second-order valence-electron chi connectivity index (χ2n) is 3.51. The third-order valence-electron chi connectivity index (χ3n) is 2.24. The number of carbonyl (C=O) groups is 1. The van der Waals surface area contributed by atoms with Gasteiger partial charge in [-0.25, -0.2) is 0 Å². The molecule has 94 valence electrons. The van der Waals surface area contributed by atoms with Crippen molar-refractivity contribution in [2.75, 3.05) is 6.61 Å². The SMILES string of the molecule is CCOc1ccc(C=C2SC(=S)NC2=O)c(O)c1. The van der Waals surface area contributed by atoms with Crippen LogP contribution in [0.2, 0.25) is 0 Å². The van der Waals surface area contributed by atoms with Crippen LogP contribution in [0, 0.1) is 0 Å². The number of carbonyl (C=O) groups excluding carboxylic acids is 1. The van der Waals surface area contributed by atoms with Crippen molar-refractivity contribution in [1.82, 2.24) is 5.32 Å². The smallest absolute Gasteiger partial charge is 0.263 e. The first-order valence-corrected chi connectivity index (χ1v) is 6.53. The number of rotatable bonds is 3. The monoisotopic (exact) mass is 281 g/mol. The van der Waals surface area contributed by atoms with E-state index in [1.807, 2.05) is 6.92 Å². The van der Waals surface area contributed by atoms with Gasteiger partial charge in [0.2, 0.25) is 0 Å². The van der Waals surface area contributed by atoms with E-state index in [0.717, 1.165) is 0 Å². The van der Waals surface area contributed by atoms with Gasteiger partial charge in [-0.15, -0.1) is 0 Å².